The van der Waals surface area contributed by atoms with E-state index in [-0.39, 0.29) is 5.75 Å². The molecule has 0 bridgehead atoms. The number of esters is 1. The second-order valence-corrected chi connectivity index (χ2v) is 3.89. The van der Waals surface area contributed by atoms with Crippen molar-refractivity contribution >= 4 is 17.7 Å². The summed E-state index contributed by atoms with van der Waals surface area (Å²) in [4.78, 5) is 23.2. The van der Waals surface area contributed by atoms with Crippen LogP contribution in [0, 0.1) is 6.92 Å². The van der Waals surface area contributed by atoms with Gasteiger partial charge in [-0.05, 0) is 25.1 Å². The van der Waals surface area contributed by atoms with Gasteiger partial charge in [0.05, 0.1) is 19.1 Å². The van der Waals surface area contributed by atoms with Crippen LogP contribution in [-0.2, 0) is 4.74 Å². The highest BCUT2D eigenvalue weighted by atomic mass is 16.5. The molecule has 1 aromatic carbocycles. The second-order valence-electron chi connectivity index (χ2n) is 3.89. The SMILES string of the molecule is COC(=O)Nc1ccccc1OC(=O)c1ccoc1C. The van der Waals surface area contributed by atoms with Gasteiger partial charge < -0.3 is 13.9 Å². The van der Waals surface area contributed by atoms with Gasteiger partial charge in [0.2, 0.25) is 0 Å². The molecule has 0 aliphatic rings. The standard InChI is InChI=1S/C14H13NO5/c1-9-10(7-8-19-9)13(16)20-12-6-4-3-5-11(12)15-14(17)18-2/h3-8H,1-2H3,(H,15,17). The van der Waals surface area contributed by atoms with E-state index in [1.54, 1.807) is 31.2 Å². The summed E-state index contributed by atoms with van der Waals surface area (Å²) in [5.74, 6) is 0.132. The smallest absolute Gasteiger partial charge is 0.411 e. The first-order chi connectivity index (χ1) is 9.61. The van der Waals surface area contributed by atoms with Gasteiger partial charge in [-0.25, -0.2) is 9.59 Å². The number of carbonyl (C=O) groups excluding carboxylic acids is 2. The number of aryl methyl sites for hydroxylation is 1. The molecule has 0 fully saturated rings. The van der Waals surface area contributed by atoms with E-state index in [1.165, 1.54) is 19.4 Å². The van der Waals surface area contributed by atoms with Crippen LogP contribution in [0.5, 0.6) is 5.75 Å². The Kier molecular flexibility index (Phi) is 4.05. The minimum absolute atomic E-state index is 0.225. The number of hydrogen-bond donors (Lipinski definition) is 1. The van der Waals surface area contributed by atoms with Crippen LogP contribution in [-0.4, -0.2) is 19.2 Å². The summed E-state index contributed by atoms with van der Waals surface area (Å²) in [6, 6.07) is 8.08. The van der Waals surface area contributed by atoms with Crippen molar-refractivity contribution in [3.05, 3.63) is 47.9 Å². The Hall–Kier alpha value is -2.76. The molecule has 0 saturated carbocycles. The predicted molar refractivity (Wildman–Crippen MR) is 70.9 cm³/mol. The lowest BCUT2D eigenvalue weighted by molar-refractivity contribution is 0.0733. The lowest BCUT2D eigenvalue weighted by Crippen LogP contribution is -2.14. The van der Waals surface area contributed by atoms with E-state index in [1.807, 2.05) is 0 Å². The molecule has 1 N–H and O–H groups in total. The molecule has 0 aliphatic carbocycles. The number of furan rings is 1. The van der Waals surface area contributed by atoms with Crippen LogP contribution in [0.4, 0.5) is 10.5 Å². The molecule has 0 aliphatic heterocycles. The van der Waals surface area contributed by atoms with Crippen LogP contribution in [0.25, 0.3) is 0 Å². The van der Waals surface area contributed by atoms with Crippen LogP contribution < -0.4 is 10.1 Å². The maximum Gasteiger partial charge on any atom is 0.411 e. The van der Waals surface area contributed by atoms with Crippen molar-refractivity contribution in [2.45, 2.75) is 6.92 Å². The second kappa shape index (κ2) is 5.92. The normalized spacial score (nSPS) is 9.90. The topological polar surface area (TPSA) is 77.8 Å². The molecular weight excluding hydrogens is 262 g/mol. The van der Waals surface area contributed by atoms with Crippen LogP contribution in [0.3, 0.4) is 0 Å². The minimum Gasteiger partial charge on any atom is -0.469 e. The molecule has 0 atom stereocenters. The number of para-hydroxylation sites is 2. The van der Waals surface area contributed by atoms with Crippen molar-refractivity contribution in [1.82, 2.24) is 0 Å². The monoisotopic (exact) mass is 275 g/mol. The highest BCUT2D eigenvalue weighted by Crippen LogP contribution is 2.25. The summed E-state index contributed by atoms with van der Waals surface area (Å²) in [7, 11) is 1.25. The average Bonchev–Trinajstić information content (AvgIpc) is 2.87. The fourth-order valence-electron chi connectivity index (χ4n) is 1.57. The van der Waals surface area contributed by atoms with Gasteiger partial charge in [-0.1, -0.05) is 12.1 Å². The molecule has 1 aromatic heterocycles. The molecule has 104 valence electrons. The number of hydrogen-bond acceptors (Lipinski definition) is 5. The van der Waals surface area contributed by atoms with Gasteiger partial charge in [0.1, 0.15) is 11.3 Å². The first kappa shape index (κ1) is 13.7. The summed E-state index contributed by atoms with van der Waals surface area (Å²) < 4.78 is 14.8. The third-order valence-electron chi connectivity index (χ3n) is 2.59. The predicted octanol–water partition coefficient (Wildman–Crippen LogP) is 2.99. The van der Waals surface area contributed by atoms with Crippen LogP contribution in [0.2, 0.25) is 0 Å². The summed E-state index contributed by atoms with van der Waals surface area (Å²) in [5.41, 5.74) is 0.673. The zero-order valence-corrected chi connectivity index (χ0v) is 11.0. The zero-order chi connectivity index (χ0) is 14.5. The van der Waals surface area contributed by atoms with Gasteiger partial charge in [-0.15, -0.1) is 0 Å². The van der Waals surface area contributed by atoms with Gasteiger partial charge in [0.25, 0.3) is 0 Å². The maximum absolute atomic E-state index is 12.0. The number of nitrogens with one attached hydrogen (secondary N) is 1. The van der Waals surface area contributed by atoms with E-state index >= 15 is 0 Å². The minimum atomic E-state index is -0.645. The lowest BCUT2D eigenvalue weighted by atomic mass is 10.2. The molecule has 6 heteroatoms. The van der Waals surface area contributed by atoms with Gasteiger partial charge in [0, 0.05) is 0 Å². The van der Waals surface area contributed by atoms with Crippen molar-refractivity contribution in [3.63, 3.8) is 0 Å². The molecule has 6 nitrogen and oxygen atoms in total. The van der Waals surface area contributed by atoms with Gasteiger partial charge >= 0.3 is 12.1 Å². The largest absolute Gasteiger partial charge is 0.469 e. The quantitative estimate of drug-likeness (QED) is 0.688. The third kappa shape index (κ3) is 2.97. The van der Waals surface area contributed by atoms with Crippen molar-refractivity contribution in [2.75, 3.05) is 12.4 Å². The van der Waals surface area contributed by atoms with Gasteiger partial charge in [0.15, 0.2) is 5.75 Å². The molecule has 0 spiro atoms. The number of methoxy groups -OCH3 is 1. The Morgan fingerprint density at radius 1 is 1.20 bits per heavy atom. The molecule has 20 heavy (non-hydrogen) atoms. The lowest BCUT2D eigenvalue weighted by Gasteiger charge is -2.10. The molecular formula is C14H13NO5. The first-order valence-electron chi connectivity index (χ1n) is 5.82. The van der Waals surface area contributed by atoms with Gasteiger partial charge in [-0.2, -0.15) is 0 Å². The summed E-state index contributed by atoms with van der Waals surface area (Å²) in [6.45, 7) is 1.66. The Bertz CT molecular complexity index is 632. The van der Waals surface area contributed by atoms with Crippen molar-refractivity contribution in [2.24, 2.45) is 0 Å². The van der Waals surface area contributed by atoms with Crippen molar-refractivity contribution in [3.8, 4) is 5.75 Å². The van der Waals surface area contributed by atoms with Crippen molar-refractivity contribution in [1.29, 1.82) is 0 Å². The fourth-order valence-corrected chi connectivity index (χ4v) is 1.57. The number of amides is 1. The number of carbonyl (C=O) groups is 2. The third-order valence-corrected chi connectivity index (χ3v) is 2.59. The van der Waals surface area contributed by atoms with E-state index < -0.39 is 12.1 Å². The van der Waals surface area contributed by atoms with Crippen LogP contribution in [0.1, 0.15) is 16.1 Å². The Labute approximate surface area is 115 Å². The maximum atomic E-state index is 12.0. The summed E-state index contributed by atoms with van der Waals surface area (Å²) in [6.07, 6.45) is 0.762. The number of anilines is 1. The number of rotatable bonds is 3. The van der Waals surface area contributed by atoms with Crippen LogP contribution >= 0.6 is 0 Å². The number of ether oxygens (including phenoxy) is 2. The fraction of sp³-hybridized carbons (Fsp3) is 0.143. The van der Waals surface area contributed by atoms with Gasteiger partial charge in [-0.3, -0.25) is 5.32 Å². The zero-order valence-electron chi connectivity index (χ0n) is 11.0. The van der Waals surface area contributed by atoms with E-state index in [4.69, 9.17) is 9.15 Å². The van der Waals surface area contributed by atoms with E-state index in [0.29, 0.717) is 17.0 Å². The molecule has 0 saturated heterocycles. The molecule has 2 aromatic rings. The Balaban J connectivity index is 2.19. The summed E-state index contributed by atoms with van der Waals surface area (Å²) in [5, 5.41) is 2.46. The Morgan fingerprint density at radius 3 is 2.60 bits per heavy atom. The molecule has 0 unspecified atom stereocenters. The van der Waals surface area contributed by atoms with E-state index in [9.17, 15) is 9.59 Å². The molecule has 1 amide bonds. The van der Waals surface area contributed by atoms with Crippen molar-refractivity contribution < 1.29 is 23.5 Å². The average molecular weight is 275 g/mol. The Morgan fingerprint density at radius 2 is 1.95 bits per heavy atom. The number of benzene rings is 1. The first-order valence-corrected chi connectivity index (χ1v) is 5.82. The molecule has 2 rings (SSSR count). The highest BCUT2D eigenvalue weighted by Gasteiger charge is 2.16. The van der Waals surface area contributed by atoms with E-state index in [0.717, 1.165) is 0 Å². The summed E-state index contributed by atoms with van der Waals surface area (Å²) >= 11 is 0. The van der Waals surface area contributed by atoms with E-state index in [2.05, 4.69) is 10.1 Å². The molecule has 0 radical (unpaired) electrons. The molecule has 1 heterocycles. The highest BCUT2D eigenvalue weighted by molar-refractivity contribution is 5.94. The van der Waals surface area contributed by atoms with Crippen LogP contribution in [0.15, 0.2) is 41.0 Å².